The predicted molar refractivity (Wildman–Crippen MR) is 98.7 cm³/mol. The minimum Gasteiger partial charge on any atom is -0.288 e. The van der Waals surface area contributed by atoms with E-state index in [4.69, 9.17) is 11.6 Å². The molecule has 2 N–H and O–H groups in total. The minimum atomic E-state index is -0.465. The van der Waals surface area contributed by atoms with Crippen molar-refractivity contribution in [3.8, 4) is 17.2 Å². The number of aryl methyl sites for hydroxylation is 1. The molecule has 4 rings (SSSR count). The number of carbonyl (C=O) groups is 1. The highest BCUT2D eigenvalue weighted by Gasteiger charge is 2.18. The molecule has 27 heavy (non-hydrogen) atoms. The number of aromatic nitrogens is 7. The Morgan fingerprint density at radius 1 is 1.19 bits per heavy atom. The molecule has 10 heteroatoms. The van der Waals surface area contributed by atoms with E-state index < -0.39 is 5.91 Å². The van der Waals surface area contributed by atoms with Gasteiger partial charge in [0.05, 0.1) is 11.4 Å². The second-order valence-corrected chi connectivity index (χ2v) is 6.02. The predicted octanol–water partition coefficient (Wildman–Crippen LogP) is 2.66. The molecule has 0 fully saturated rings. The number of benzene rings is 1. The van der Waals surface area contributed by atoms with Gasteiger partial charge in [-0.05, 0) is 37.3 Å². The Balaban J connectivity index is 1.55. The number of hydrogen-bond donors (Lipinski definition) is 2. The molecule has 0 bridgehead atoms. The van der Waals surface area contributed by atoms with Crippen molar-refractivity contribution in [2.75, 3.05) is 5.32 Å². The second kappa shape index (κ2) is 6.96. The minimum absolute atomic E-state index is 0.123. The van der Waals surface area contributed by atoms with Crippen LogP contribution in [-0.4, -0.2) is 41.1 Å². The summed E-state index contributed by atoms with van der Waals surface area (Å²) in [6.07, 6.45) is 1.65. The number of aromatic amines is 1. The van der Waals surface area contributed by atoms with E-state index in [9.17, 15) is 4.79 Å². The first-order chi connectivity index (χ1) is 13.1. The zero-order chi connectivity index (χ0) is 18.8. The van der Waals surface area contributed by atoms with Gasteiger partial charge in [0.2, 0.25) is 5.95 Å². The number of nitrogens with zero attached hydrogens (tertiary/aromatic N) is 6. The lowest BCUT2D eigenvalue weighted by Crippen LogP contribution is -2.15. The smallest absolute Gasteiger partial charge is 0.280 e. The molecule has 0 saturated heterocycles. The van der Waals surface area contributed by atoms with Gasteiger partial charge in [0.1, 0.15) is 5.69 Å². The van der Waals surface area contributed by atoms with Gasteiger partial charge in [-0.1, -0.05) is 23.7 Å². The molecular weight excluding hydrogens is 368 g/mol. The normalized spacial score (nSPS) is 10.7. The molecule has 3 heterocycles. The topological polar surface area (TPSA) is 114 Å². The van der Waals surface area contributed by atoms with Gasteiger partial charge >= 0.3 is 0 Å². The molecule has 1 aromatic carbocycles. The van der Waals surface area contributed by atoms with E-state index in [-0.39, 0.29) is 11.6 Å². The Kier molecular flexibility index (Phi) is 4.35. The van der Waals surface area contributed by atoms with Crippen LogP contribution in [0, 0.1) is 6.92 Å². The Hall–Kier alpha value is -3.59. The van der Waals surface area contributed by atoms with E-state index in [0.29, 0.717) is 27.9 Å². The van der Waals surface area contributed by atoms with Crippen molar-refractivity contribution in [3.05, 3.63) is 65.1 Å². The van der Waals surface area contributed by atoms with Gasteiger partial charge in [-0.25, -0.2) is 0 Å². The average molecular weight is 381 g/mol. The molecule has 3 aromatic heterocycles. The number of H-pyrrole nitrogens is 1. The van der Waals surface area contributed by atoms with Gasteiger partial charge in [0, 0.05) is 11.2 Å². The third kappa shape index (κ3) is 3.53. The Labute approximate surface area is 158 Å². The van der Waals surface area contributed by atoms with Crippen LogP contribution in [-0.2, 0) is 0 Å². The number of anilines is 1. The highest BCUT2D eigenvalue weighted by atomic mass is 35.5. The van der Waals surface area contributed by atoms with Gasteiger partial charge in [0.15, 0.2) is 11.5 Å². The molecule has 0 aliphatic carbocycles. The average Bonchev–Trinajstić information content (AvgIpc) is 3.29. The number of carbonyl (C=O) groups excluding carboxylic acids is 1. The zero-order valence-electron chi connectivity index (χ0n) is 14.1. The van der Waals surface area contributed by atoms with E-state index in [1.54, 1.807) is 49.5 Å². The van der Waals surface area contributed by atoms with Crippen LogP contribution >= 0.6 is 11.6 Å². The van der Waals surface area contributed by atoms with Crippen LogP contribution in [0.4, 0.5) is 5.95 Å². The molecule has 4 aromatic rings. The van der Waals surface area contributed by atoms with Crippen molar-refractivity contribution in [2.45, 2.75) is 6.92 Å². The Morgan fingerprint density at radius 2 is 2.07 bits per heavy atom. The van der Waals surface area contributed by atoms with Crippen LogP contribution < -0.4 is 5.32 Å². The second-order valence-electron chi connectivity index (χ2n) is 5.58. The SMILES string of the molecule is Cc1nn(-c2cccc(Cl)c2)nc1C(=O)Nc1n[nH]c(-c2ccccn2)n1. The Bertz CT molecular complexity index is 1110. The molecule has 0 aliphatic rings. The summed E-state index contributed by atoms with van der Waals surface area (Å²) in [5, 5.41) is 18.4. The van der Waals surface area contributed by atoms with Crippen LogP contribution in [0.5, 0.6) is 0 Å². The maximum atomic E-state index is 12.5. The standard InChI is InChI=1S/C17H13ClN8O/c1-10-14(25-26(24-10)12-6-4-5-11(18)9-12)16(27)21-17-20-15(22-23-17)13-7-2-3-8-19-13/h2-9H,1H3,(H2,20,21,22,23,27). The first kappa shape index (κ1) is 16.9. The molecule has 0 aliphatic heterocycles. The monoisotopic (exact) mass is 380 g/mol. The fourth-order valence-corrected chi connectivity index (χ4v) is 2.58. The summed E-state index contributed by atoms with van der Waals surface area (Å²) in [5.41, 5.74) is 1.90. The van der Waals surface area contributed by atoms with Crippen molar-refractivity contribution < 1.29 is 4.79 Å². The highest BCUT2D eigenvalue weighted by molar-refractivity contribution is 6.30. The summed E-state index contributed by atoms with van der Waals surface area (Å²) < 4.78 is 0. The zero-order valence-corrected chi connectivity index (χ0v) is 14.8. The molecule has 0 atom stereocenters. The number of rotatable bonds is 4. The van der Waals surface area contributed by atoms with Crippen molar-refractivity contribution >= 4 is 23.5 Å². The molecule has 0 spiro atoms. The number of hydrogen-bond acceptors (Lipinski definition) is 6. The van der Waals surface area contributed by atoms with Crippen molar-refractivity contribution in [2.24, 2.45) is 0 Å². The maximum absolute atomic E-state index is 12.5. The fourth-order valence-electron chi connectivity index (χ4n) is 2.40. The van der Waals surface area contributed by atoms with Gasteiger partial charge in [-0.3, -0.25) is 20.2 Å². The summed E-state index contributed by atoms with van der Waals surface area (Å²) >= 11 is 5.99. The first-order valence-electron chi connectivity index (χ1n) is 7.95. The molecule has 134 valence electrons. The van der Waals surface area contributed by atoms with Crippen LogP contribution in [0.15, 0.2) is 48.7 Å². The van der Waals surface area contributed by atoms with Crippen molar-refractivity contribution in [3.63, 3.8) is 0 Å². The van der Waals surface area contributed by atoms with E-state index in [2.05, 4.69) is 35.7 Å². The molecule has 0 saturated carbocycles. The summed E-state index contributed by atoms with van der Waals surface area (Å²) in [4.78, 5) is 22.3. The lowest BCUT2D eigenvalue weighted by atomic mass is 10.3. The third-order valence-electron chi connectivity index (χ3n) is 3.65. The maximum Gasteiger partial charge on any atom is 0.280 e. The Morgan fingerprint density at radius 3 is 2.85 bits per heavy atom. The van der Waals surface area contributed by atoms with E-state index in [1.165, 1.54) is 4.80 Å². The van der Waals surface area contributed by atoms with E-state index in [1.807, 2.05) is 6.07 Å². The van der Waals surface area contributed by atoms with E-state index in [0.717, 1.165) is 0 Å². The number of amides is 1. The molecule has 1 amide bonds. The quantitative estimate of drug-likeness (QED) is 0.562. The molecular formula is C17H13ClN8O. The van der Waals surface area contributed by atoms with Gasteiger partial charge in [-0.15, -0.1) is 10.2 Å². The summed E-state index contributed by atoms with van der Waals surface area (Å²) in [6.45, 7) is 1.69. The van der Waals surface area contributed by atoms with Crippen LogP contribution in [0.3, 0.4) is 0 Å². The van der Waals surface area contributed by atoms with Crippen LogP contribution in [0.1, 0.15) is 16.2 Å². The fraction of sp³-hybridized carbons (Fsp3) is 0.0588. The molecule has 0 radical (unpaired) electrons. The van der Waals surface area contributed by atoms with Gasteiger partial charge < -0.3 is 0 Å². The summed E-state index contributed by atoms with van der Waals surface area (Å²) in [5.74, 6) is 0.106. The largest absolute Gasteiger partial charge is 0.288 e. The van der Waals surface area contributed by atoms with Crippen LogP contribution in [0.2, 0.25) is 5.02 Å². The van der Waals surface area contributed by atoms with E-state index >= 15 is 0 Å². The van der Waals surface area contributed by atoms with Crippen molar-refractivity contribution in [1.29, 1.82) is 0 Å². The number of nitrogens with one attached hydrogen (secondary N) is 2. The van der Waals surface area contributed by atoms with Gasteiger partial charge in [0.25, 0.3) is 5.91 Å². The number of pyridine rings is 1. The van der Waals surface area contributed by atoms with Crippen LogP contribution in [0.25, 0.3) is 17.2 Å². The third-order valence-corrected chi connectivity index (χ3v) is 3.89. The molecule has 0 unspecified atom stereocenters. The lowest BCUT2D eigenvalue weighted by molar-refractivity contribution is 0.102. The first-order valence-corrected chi connectivity index (χ1v) is 8.33. The summed E-state index contributed by atoms with van der Waals surface area (Å²) in [6, 6.07) is 12.4. The number of halogens is 1. The van der Waals surface area contributed by atoms with Gasteiger partial charge in [-0.2, -0.15) is 14.9 Å². The highest BCUT2D eigenvalue weighted by Crippen LogP contribution is 2.16. The molecule has 9 nitrogen and oxygen atoms in total. The van der Waals surface area contributed by atoms with Crippen molar-refractivity contribution in [1.82, 2.24) is 35.2 Å². The summed E-state index contributed by atoms with van der Waals surface area (Å²) in [7, 11) is 0. The lowest BCUT2D eigenvalue weighted by Gasteiger charge is -1.99.